The zero-order chi connectivity index (χ0) is 26.2. The predicted molar refractivity (Wildman–Crippen MR) is 133 cm³/mol. The van der Waals surface area contributed by atoms with Gasteiger partial charge < -0.3 is 20.9 Å². The van der Waals surface area contributed by atoms with Crippen molar-refractivity contribution in [3.63, 3.8) is 0 Å². The third kappa shape index (κ3) is 4.97. The zero-order valence-electron chi connectivity index (χ0n) is 19.5. The monoisotopic (exact) mass is 508 g/mol. The number of anilines is 3. The highest BCUT2D eigenvalue weighted by atomic mass is 19.4. The number of amides is 2. The van der Waals surface area contributed by atoms with Gasteiger partial charge in [0.25, 0.3) is 0 Å². The topological polar surface area (TPSA) is 115 Å². The van der Waals surface area contributed by atoms with E-state index in [-0.39, 0.29) is 23.3 Å². The van der Waals surface area contributed by atoms with Crippen molar-refractivity contribution in [1.29, 1.82) is 0 Å². The molecule has 2 aromatic heterocycles. The molecule has 0 saturated heterocycles. The predicted octanol–water partition coefficient (Wildman–Crippen LogP) is 6.02. The van der Waals surface area contributed by atoms with Crippen LogP contribution in [0, 0.1) is 0 Å². The third-order valence-corrected chi connectivity index (χ3v) is 6.45. The number of aromatic nitrogens is 3. The molecule has 1 fully saturated rings. The number of carbonyl (C=O) groups excluding carboxylic acids is 2. The number of nitrogens with zero attached hydrogens (tertiary/aromatic N) is 3. The summed E-state index contributed by atoms with van der Waals surface area (Å²) in [5, 5.41) is 5.58. The lowest BCUT2D eigenvalue weighted by atomic mass is 10.0. The molecule has 0 radical (unpaired) electrons. The van der Waals surface area contributed by atoms with E-state index in [9.17, 15) is 22.8 Å². The Balaban J connectivity index is 1.36. The minimum atomic E-state index is -4.46. The maximum absolute atomic E-state index is 13.5. The molecule has 2 amide bonds. The second-order valence-electron chi connectivity index (χ2n) is 8.91. The van der Waals surface area contributed by atoms with E-state index in [1.165, 1.54) is 12.4 Å². The largest absolute Gasteiger partial charge is 0.416 e. The van der Waals surface area contributed by atoms with Gasteiger partial charge in [0.15, 0.2) is 5.78 Å². The lowest BCUT2D eigenvalue weighted by molar-refractivity contribution is -0.137. The first-order valence-electron chi connectivity index (χ1n) is 11.7. The van der Waals surface area contributed by atoms with Crippen molar-refractivity contribution in [2.75, 3.05) is 16.4 Å². The molecule has 4 aromatic rings. The average Bonchev–Trinajstić information content (AvgIpc) is 3.52. The second-order valence-corrected chi connectivity index (χ2v) is 8.91. The summed E-state index contributed by atoms with van der Waals surface area (Å²) in [6, 6.07) is 10.0. The van der Waals surface area contributed by atoms with E-state index < -0.39 is 17.8 Å². The molecule has 0 aliphatic heterocycles. The molecular formula is C26H23F3N6O2. The molecule has 1 saturated carbocycles. The number of halogens is 3. The smallest absolute Gasteiger partial charge is 0.383 e. The van der Waals surface area contributed by atoms with E-state index in [1.54, 1.807) is 24.4 Å². The van der Waals surface area contributed by atoms with Gasteiger partial charge in [0, 0.05) is 29.2 Å². The summed E-state index contributed by atoms with van der Waals surface area (Å²) in [5.74, 6) is -0.0784. The Morgan fingerprint density at radius 1 is 0.973 bits per heavy atom. The van der Waals surface area contributed by atoms with Crippen molar-refractivity contribution in [1.82, 2.24) is 14.5 Å². The Hall–Kier alpha value is -4.41. The van der Waals surface area contributed by atoms with Crippen molar-refractivity contribution in [3.05, 3.63) is 77.7 Å². The van der Waals surface area contributed by atoms with Crippen LogP contribution in [0.15, 0.2) is 61.1 Å². The molecule has 5 rings (SSSR count). The fourth-order valence-electron chi connectivity index (χ4n) is 4.67. The summed E-state index contributed by atoms with van der Waals surface area (Å²) in [5.41, 5.74) is 7.17. The summed E-state index contributed by atoms with van der Waals surface area (Å²) < 4.78 is 40.2. The Kier molecular flexibility index (Phi) is 6.28. The van der Waals surface area contributed by atoms with Crippen LogP contribution in [-0.4, -0.2) is 26.3 Å². The van der Waals surface area contributed by atoms with Gasteiger partial charge in [0.05, 0.1) is 16.5 Å². The summed E-state index contributed by atoms with van der Waals surface area (Å²) in [6.07, 6.45) is 2.91. The molecule has 0 bridgehead atoms. The van der Waals surface area contributed by atoms with Gasteiger partial charge in [0.2, 0.25) is 0 Å². The molecule has 2 heterocycles. The summed E-state index contributed by atoms with van der Waals surface area (Å²) in [4.78, 5) is 34.4. The first kappa shape index (κ1) is 24.3. The van der Waals surface area contributed by atoms with Crippen LogP contribution in [0.1, 0.15) is 53.2 Å². The fraction of sp³-hybridized carbons (Fsp3) is 0.231. The minimum absolute atomic E-state index is 0.188. The van der Waals surface area contributed by atoms with E-state index in [2.05, 4.69) is 20.6 Å². The molecule has 1 aliphatic carbocycles. The molecule has 1 aliphatic rings. The van der Waals surface area contributed by atoms with Gasteiger partial charge in [-0.05, 0) is 49.2 Å². The molecule has 190 valence electrons. The highest BCUT2D eigenvalue weighted by molar-refractivity contribution is 6.18. The molecular weight excluding hydrogens is 485 g/mol. The summed E-state index contributed by atoms with van der Waals surface area (Å²) in [6.45, 7) is 0. The van der Waals surface area contributed by atoms with Crippen molar-refractivity contribution in [2.24, 2.45) is 0 Å². The number of nitrogens with two attached hydrogens (primary N) is 1. The standard InChI is InChI=1S/C26H23F3N6O2/c27-26(28,29)16-8-10-17(11-9-16)33-25(37)34-18-5-3-4-15(12-18)22(36)20-13-35(19-6-1-2-7-19)24-21(20)23(30)31-14-32-24/h3-5,8-14,19H,1-2,6-7H2,(H2,30,31,32)(H2,33,34,37). The number of carbonyl (C=O) groups is 2. The molecule has 0 unspecified atom stereocenters. The molecule has 37 heavy (non-hydrogen) atoms. The Morgan fingerprint density at radius 3 is 2.38 bits per heavy atom. The maximum atomic E-state index is 13.5. The molecule has 11 heteroatoms. The van der Waals surface area contributed by atoms with Gasteiger partial charge in [-0.15, -0.1) is 0 Å². The summed E-state index contributed by atoms with van der Waals surface area (Å²) in [7, 11) is 0. The van der Waals surface area contributed by atoms with Crippen molar-refractivity contribution < 1.29 is 22.8 Å². The van der Waals surface area contributed by atoms with Crippen LogP contribution in [0.25, 0.3) is 11.0 Å². The van der Waals surface area contributed by atoms with Crippen LogP contribution in [0.4, 0.5) is 35.2 Å². The van der Waals surface area contributed by atoms with E-state index in [0.29, 0.717) is 27.8 Å². The van der Waals surface area contributed by atoms with Gasteiger partial charge in [-0.25, -0.2) is 14.8 Å². The number of nitrogens with one attached hydrogen (secondary N) is 2. The van der Waals surface area contributed by atoms with E-state index >= 15 is 0 Å². The van der Waals surface area contributed by atoms with Crippen LogP contribution in [0.2, 0.25) is 0 Å². The van der Waals surface area contributed by atoms with E-state index in [0.717, 1.165) is 49.9 Å². The maximum Gasteiger partial charge on any atom is 0.416 e. The number of nitrogen functional groups attached to an aromatic ring is 1. The Labute approximate surface area is 209 Å². The van der Waals surface area contributed by atoms with Crippen LogP contribution in [0.5, 0.6) is 0 Å². The van der Waals surface area contributed by atoms with Crippen molar-refractivity contribution in [2.45, 2.75) is 37.9 Å². The van der Waals surface area contributed by atoms with Crippen molar-refractivity contribution >= 4 is 40.0 Å². The molecule has 0 atom stereocenters. The quantitative estimate of drug-likeness (QED) is 0.285. The number of alkyl halides is 3. The lowest BCUT2D eigenvalue weighted by Crippen LogP contribution is -2.19. The van der Waals surface area contributed by atoms with Crippen LogP contribution in [-0.2, 0) is 6.18 Å². The van der Waals surface area contributed by atoms with E-state index in [4.69, 9.17) is 5.73 Å². The number of benzene rings is 2. The molecule has 2 aromatic carbocycles. The van der Waals surface area contributed by atoms with Gasteiger partial charge in [0.1, 0.15) is 17.8 Å². The van der Waals surface area contributed by atoms with Gasteiger partial charge >= 0.3 is 12.2 Å². The molecule has 4 N–H and O–H groups in total. The van der Waals surface area contributed by atoms with Gasteiger partial charge in [-0.2, -0.15) is 13.2 Å². The Bertz CT molecular complexity index is 1470. The normalized spacial score (nSPS) is 14.1. The number of urea groups is 1. The SMILES string of the molecule is Nc1ncnc2c1c(C(=O)c1cccc(NC(=O)Nc3ccc(C(F)(F)F)cc3)c1)cn2C1CCCC1. The Morgan fingerprint density at radius 2 is 1.68 bits per heavy atom. The van der Waals surface area contributed by atoms with Crippen LogP contribution >= 0.6 is 0 Å². The number of ketones is 1. The van der Waals surface area contributed by atoms with Gasteiger partial charge in [-0.3, -0.25) is 4.79 Å². The first-order chi connectivity index (χ1) is 17.7. The summed E-state index contributed by atoms with van der Waals surface area (Å²) >= 11 is 0. The number of rotatable bonds is 5. The van der Waals surface area contributed by atoms with Crippen LogP contribution < -0.4 is 16.4 Å². The third-order valence-electron chi connectivity index (χ3n) is 6.45. The average molecular weight is 509 g/mol. The van der Waals surface area contributed by atoms with E-state index in [1.807, 2.05) is 4.57 Å². The van der Waals surface area contributed by atoms with Crippen molar-refractivity contribution in [3.8, 4) is 0 Å². The second kappa shape index (κ2) is 9.57. The minimum Gasteiger partial charge on any atom is -0.383 e. The number of hydrogen-bond donors (Lipinski definition) is 3. The van der Waals surface area contributed by atoms with Crippen LogP contribution in [0.3, 0.4) is 0 Å². The van der Waals surface area contributed by atoms with Gasteiger partial charge in [-0.1, -0.05) is 25.0 Å². The zero-order valence-corrected chi connectivity index (χ0v) is 19.5. The number of fused-ring (bicyclic) bond motifs is 1. The highest BCUT2D eigenvalue weighted by Gasteiger charge is 2.30. The molecule has 8 nitrogen and oxygen atoms in total. The lowest BCUT2D eigenvalue weighted by Gasteiger charge is -2.12. The number of hydrogen-bond acceptors (Lipinski definition) is 5. The molecule has 0 spiro atoms. The first-order valence-corrected chi connectivity index (χ1v) is 11.7. The highest BCUT2D eigenvalue weighted by Crippen LogP contribution is 2.35. The fourth-order valence-corrected chi connectivity index (χ4v) is 4.67.